The Morgan fingerprint density at radius 1 is 0.957 bits per heavy atom. The first-order chi connectivity index (χ1) is 11.2. The molecule has 23 heavy (non-hydrogen) atoms. The van der Waals surface area contributed by atoms with E-state index in [2.05, 4.69) is 44.9 Å². The molecule has 0 aliphatic carbocycles. The summed E-state index contributed by atoms with van der Waals surface area (Å²) in [5.41, 5.74) is 3.30. The van der Waals surface area contributed by atoms with E-state index in [0.717, 1.165) is 11.3 Å². The van der Waals surface area contributed by atoms with Gasteiger partial charge in [0, 0.05) is 11.7 Å². The van der Waals surface area contributed by atoms with E-state index in [9.17, 15) is 0 Å². The molecule has 5 heteroatoms. The molecule has 3 rings (SSSR count). The number of rotatable bonds is 5. The summed E-state index contributed by atoms with van der Waals surface area (Å²) < 4.78 is 0. The Balaban J connectivity index is 1.74. The normalized spacial score (nSPS) is 11.7. The van der Waals surface area contributed by atoms with Gasteiger partial charge in [0.25, 0.3) is 0 Å². The molecule has 0 aliphatic rings. The van der Waals surface area contributed by atoms with Crippen molar-refractivity contribution < 1.29 is 0 Å². The molecule has 0 saturated carbocycles. The molecule has 1 heterocycles. The number of benzene rings is 2. The highest BCUT2D eigenvalue weighted by Gasteiger charge is 2.07. The van der Waals surface area contributed by atoms with Crippen LogP contribution in [0.1, 0.15) is 24.1 Å². The molecule has 3 aromatic rings. The van der Waals surface area contributed by atoms with Crippen LogP contribution in [0, 0.1) is 6.92 Å². The van der Waals surface area contributed by atoms with Crippen LogP contribution in [-0.4, -0.2) is 15.2 Å². The number of nitrogens with one attached hydrogen (secondary N) is 2. The van der Waals surface area contributed by atoms with Gasteiger partial charge in [0.15, 0.2) is 5.82 Å². The Morgan fingerprint density at radius 2 is 1.70 bits per heavy atom. The van der Waals surface area contributed by atoms with Crippen LogP contribution in [0.3, 0.4) is 0 Å². The minimum atomic E-state index is 0.138. The summed E-state index contributed by atoms with van der Waals surface area (Å²) in [7, 11) is 0. The zero-order valence-corrected chi connectivity index (χ0v) is 13.2. The van der Waals surface area contributed by atoms with Crippen LogP contribution in [0.5, 0.6) is 0 Å². The Bertz CT molecular complexity index is 773. The minimum Gasteiger partial charge on any atom is -0.362 e. The van der Waals surface area contributed by atoms with Crippen molar-refractivity contribution >= 4 is 17.5 Å². The van der Waals surface area contributed by atoms with E-state index < -0.39 is 0 Å². The first-order valence-electron chi connectivity index (χ1n) is 7.56. The molecule has 0 saturated heterocycles. The fourth-order valence-corrected chi connectivity index (χ4v) is 2.31. The third-order valence-corrected chi connectivity index (χ3v) is 3.61. The smallest absolute Gasteiger partial charge is 0.249 e. The molecule has 1 unspecified atom stereocenters. The first-order valence-corrected chi connectivity index (χ1v) is 7.56. The Morgan fingerprint density at radius 3 is 2.48 bits per heavy atom. The molecule has 2 N–H and O–H groups in total. The zero-order valence-electron chi connectivity index (χ0n) is 13.2. The Kier molecular flexibility index (Phi) is 4.47. The molecule has 0 amide bonds. The van der Waals surface area contributed by atoms with Crippen LogP contribution in [0.2, 0.25) is 0 Å². The summed E-state index contributed by atoms with van der Waals surface area (Å²) in [5.74, 6) is 1.16. The predicted octanol–water partition coefficient (Wildman–Crippen LogP) is 4.10. The fraction of sp³-hybridized carbons (Fsp3) is 0.167. The molecular weight excluding hydrogens is 286 g/mol. The second-order valence-electron chi connectivity index (χ2n) is 5.38. The van der Waals surface area contributed by atoms with Gasteiger partial charge >= 0.3 is 0 Å². The van der Waals surface area contributed by atoms with Crippen LogP contribution in [0.4, 0.5) is 17.5 Å². The van der Waals surface area contributed by atoms with Crippen molar-refractivity contribution in [2.24, 2.45) is 0 Å². The van der Waals surface area contributed by atoms with E-state index in [1.54, 1.807) is 6.20 Å². The van der Waals surface area contributed by atoms with Gasteiger partial charge < -0.3 is 10.6 Å². The van der Waals surface area contributed by atoms with Gasteiger partial charge in [-0.1, -0.05) is 48.5 Å². The molecule has 5 nitrogen and oxygen atoms in total. The van der Waals surface area contributed by atoms with Crippen molar-refractivity contribution in [3.63, 3.8) is 0 Å². The van der Waals surface area contributed by atoms with Gasteiger partial charge in [0.1, 0.15) is 0 Å². The number of hydrogen-bond acceptors (Lipinski definition) is 5. The van der Waals surface area contributed by atoms with Gasteiger partial charge in [0.2, 0.25) is 5.95 Å². The summed E-state index contributed by atoms with van der Waals surface area (Å²) in [4.78, 5) is 4.48. The maximum absolute atomic E-state index is 4.48. The molecule has 2 aromatic carbocycles. The number of nitrogens with zero attached hydrogens (tertiary/aromatic N) is 3. The molecule has 1 aromatic heterocycles. The van der Waals surface area contributed by atoms with Crippen molar-refractivity contribution in [2.45, 2.75) is 19.9 Å². The van der Waals surface area contributed by atoms with Gasteiger partial charge in [-0.2, -0.15) is 10.1 Å². The maximum Gasteiger partial charge on any atom is 0.249 e. The van der Waals surface area contributed by atoms with Crippen molar-refractivity contribution in [1.29, 1.82) is 0 Å². The quantitative estimate of drug-likeness (QED) is 0.743. The summed E-state index contributed by atoms with van der Waals surface area (Å²) in [6.07, 6.45) is 1.63. The highest BCUT2D eigenvalue weighted by atomic mass is 15.3. The highest BCUT2D eigenvalue weighted by molar-refractivity contribution is 5.58. The number of aryl methyl sites for hydroxylation is 1. The third-order valence-electron chi connectivity index (χ3n) is 3.61. The topological polar surface area (TPSA) is 62.7 Å². The highest BCUT2D eigenvalue weighted by Crippen LogP contribution is 2.20. The standard InChI is InChI=1S/C18H19N5/c1-13-8-6-7-11-16(13)21-18-22-17(12-19-23-18)20-14(2)15-9-4-3-5-10-15/h3-12,14H,1-2H3,(H2,20,21,22,23). The summed E-state index contributed by atoms with van der Waals surface area (Å²) in [6.45, 7) is 4.13. The summed E-state index contributed by atoms with van der Waals surface area (Å²) in [5, 5.41) is 14.6. The van der Waals surface area contributed by atoms with E-state index >= 15 is 0 Å². The first kappa shape index (κ1) is 15.0. The van der Waals surface area contributed by atoms with E-state index in [4.69, 9.17) is 0 Å². The maximum atomic E-state index is 4.48. The molecule has 0 spiro atoms. The van der Waals surface area contributed by atoms with Gasteiger partial charge in [0.05, 0.1) is 6.20 Å². The monoisotopic (exact) mass is 305 g/mol. The third kappa shape index (κ3) is 3.83. The molecule has 1 atom stereocenters. The Labute approximate surface area is 135 Å². The van der Waals surface area contributed by atoms with Crippen LogP contribution in [-0.2, 0) is 0 Å². The Hall–Kier alpha value is -2.95. The average Bonchev–Trinajstić information content (AvgIpc) is 2.58. The van der Waals surface area contributed by atoms with E-state index in [0.29, 0.717) is 11.8 Å². The fourth-order valence-electron chi connectivity index (χ4n) is 2.31. The largest absolute Gasteiger partial charge is 0.362 e. The van der Waals surface area contributed by atoms with Crippen LogP contribution >= 0.6 is 0 Å². The predicted molar refractivity (Wildman–Crippen MR) is 92.8 cm³/mol. The van der Waals surface area contributed by atoms with Crippen molar-refractivity contribution in [2.75, 3.05) is 10.6 Å². The minimum absolute atomic E-state index is 0.138. The molecule has 116 valence electrons. The van der Waals surface area contributed by atoms with E-state index in [1.165, 1.54) is 5.56 Å². The lowest BCUT2D eigenvalue weighted by molar-refractivity contribution is 0.861. The van der Waals surface area contributed by atoms with Crippen molar-refractivity contribution in [1.82, 2.24) is 15.2 Å². The van der Waals surface area contributed by atoms with E-state index in [-0.39, 0.29) is 6.04 Å². The summed E-state index contributed by atoms with van der Waals surface area (Å²) in [6, 6.07) is 18.4. The SMILES string of the molecule is Cc1ccccc1Nc1nncc(NC(C)c2ccccc2)n1. The number of anilines is 3. The van der Waals surface area contributed by atoms with Gasteiger partial charge in [-0.05, 0) is 31.0 Å². The lowest BCUT2D eigenvalue weighted by Crippen LogP contribution is -2.10. The molecular formula is C18H19N5. The van der Waals surface area contributed by atoms with Crippen LogP contribution in [0.25, 0.3) is 0 Å². The van der Waals surface area contributed by atoms with Gasteiger partial charge in [-0.15, -0.1) is 5.10 Å². The molecule has 0 fully saturated rings. The molecule has 0 radical (unpaired) electrons. The number of para-hydroxylation sites is 1. The van der Waals surface area contributed by atoms with Gasteiger partial charge in [-0.25, -0.2) is 0 Å². The summed E-state index contributed by atoms with van der Waals surface area (Å²) >= 11 is 0. The van der Waals surface area contributed by atoms with E-state index in [1.807, 2.05) is 49.4 Å². The van der Waals surface area contributed by atoms with Gasteiger partial charge in [-0.3, -0.25) is 0 Å². The lowest BCUT2D eigenvalue weighted by atomic mass is 10.1. The van der Waals surface area contributed by atoms with Crippen molar-refractivity contribution in [3.05, 3.63) is 71.9 Å². The number of aromatic nitrogens is 3. The average molecular weight is 305 g/mol. The lowest BCUT2D eigenvalue weighted by Gasteiger charge is -2.15. The van der Waals surface area contributed by atoms with Crippen LogP contribution in [0.15, 0.2) is 60.8 Å². The van der Waals surface area contributed by atoms with Crippen molar-refractivity contribution in [3.8, 4) is 0 Å². The molecule has 0 aliphatic heterocycles. The van der Waals surface area contributed by atoms with Crippen LogP contribution < -0.4 is 10.6 Å². The second kappa shape index (κ2) is 6.87. The zero-order chi connectivity index (χ0) is 16.1. The number of hydrogen-bond donors (Lipinski definition) is 2. The molecule has 0 bridgehead atoms. The second-order valence-corrected chi connectivity index (χ2v) is 5.38.